The van der Waals surface area contributed by atoms with E-state index in [0.717, 1.165) is 28.4 Å². The van der Waals surface area contributed by atoms with Crippen LogP contribution in [-0.4, -0.2) is 33.0 Å². The Hall–Kier alpha value is -3.87. The first-order valence-electron chi connectivity index (χ1n) is 10.1. The van der Waals surface area contributed by atoms with Crippen LogP contribution in [0.5, 0.6) is 5.75 Å². The predicted octanol–water partition coefficient (Wildman–Crippen LogP) is 4.51. The number of hydrogen-bond donors (Lipinski definition) is 2. The standard InChI is InChI=1S/C24H25N5O2/c1-15-7-5-8-18(11-15)14-29-17(3)23(16(2)28-29)25-24(30)22-13-21(26-27-22)19-9-6-10-20(12-19)31-4/h5-13H,14H2,1-4H3,(H,25,30)(H,26,27). The van der Waals surface area contributed by atoms with Gasteiger partial charge in [-0.3, -0.25) is 14.6 Å². The average molecular weight is 415 g/mol. The summed E-state index contributed by atoms with van der Waals surface area (Å²) < 4.78 is 7.17. The monoisotopic (exact) mass is 415 g/mol. The van der Waals surface area contributed by atoms with Gasteiger partial charge in [0.1, 0.15) is 11.4 Å². The van der Waals surface area contributed by atoms with Crippen LogP contribution >= 0.6 is 0 Å². The van der Waals surface area contributed by atoms with Crippen molar-refractivity contribution in [3.8, 4) is 17.0 Å². The maximum absolute atomic E-state index is 12.9. The Morgan fingerprint density at radius 1 is 1.10 bits per heavy atom. The van der Waals surface area contributed by atoms with Crippen molar-refractivity contribution in [2.75, 3.05) is 12.4 Å². The van der Waals surface area contributed by atoms with Crippen LogP contribution in [-0.2, 0) is 6.54 Å². The largest absolute Gasteiger partial charge is 0.497 e. The molecule has 4 aromatic rings. The zero-order valence-electron chi connectivity index (χ0n) is 18.1. The lowest BCUT2D eigenvalue weighted by Gasteiger charge is -2.07. The molecule has 2 heterocycles. The third-order valence-electron chi connectivity index (χ3n) is 5.22. The highest BCUT2D eigenvalue weighted by Gasteiger charge is 2.17. The molecular formula is C24H25N5O2. The summed E-state index contributed by atoms with van der Waals surface area (Å²) >= 11 is 0. The Labute approximate surface area is 181 Å². The van der Waals surface area contributed by atoms with Crippen LogP contribution in [0, 0.1) is 20.8 Å². The van der Waals surface area contributed by atoms with E-state index in [4.69, 9.17) is 4.74 Å². The number of nitrogens with one attached hydrogen (secondary N) is 2. The van der Waals surface area contributed by atoms with Crippen LogP contribution in [0.1, 0.15) is 33.0 Å². The van der Waals surface area contributed by atoms with Crippen molar-refractivity contribution in [3.05, 3.63) is 82.8 Å². The number of ether oxygens (including phenoxy) is 1. The van der Waals surface area contributed by atoms with Gasteiger partial charge < -0.3 is 10.1 Å². The van der Waals surface area contributed by atoms with Gasteiger partial charge in [-0.2, -0.15) is 10.2 Å². The van der Waals surface area contributed by atoms with Crippen molar-refractivity contribution in [1.29, 1.82) is 0 Å². The zero-order chi connectivity index (χ0) is 22.0. The number of aromatic amines is 1. The van der Waals surface area contributed by atoms with Gasteiger partial charge in [-0.25, -0.2) is 0 Å². The molecule has 0 aliphatic heterocycles. The molecule has 0 spiro atoms. The average Bonchev–Trinajstić information content (AvgIpc) is 3.35. The Morgan fingerprint density at radius 2 is 1.90 bits per heavy atom. The number of methoxy groups -OCH3 is 1. The number of hydrogen-bond acceptors (Lipinski definition) is 4. The Balaban J connectivity index is 1.52. The third-order valence-corrected chi connectivity index (χ3v) is 5.22. The fourth-order valence-electron chi connectivity index (χ4n) is 3.56. The molecule has 0 unspecified atom stereocenters. The molecular weight excluding hydrogens is 390 g/mol. The van der Waals surface area contributed by atoms with E-state index in [0.29, 0.717) is 17.9 Å². The van der Waals surface area contributed by atoms with Crippen molar-refractivity contribution in [1.82, 2.24) is 20.0 Å². The summed E-state index contributed by atoms with van der Waals surface area (Å²) in [5.41, 5.74) is 6.68. The molecule has 1 amide bonds. The molecule has 0 saturated heterocycles. The minimum Gasteiger partial charge on any atom is -0.497 e. The quantitative estimate of drug-likeness (QED) is 0.485. The second-order valence-electron chi connectivity index (χ2n) is 7.55. The highest BCUT2D eigenvalue weighted by molar-refractivity contribution is 6.04. The summed E-state index contributed by atoms with van der Waals surface area (Å²) in [6, 6.07) is 17.6. The number of H-pyrrole nitrogens is 1. The van der Waals surface area contributed by atoms with Crippen LogP contribution in [0.4, 0.5) is 5.69 Å². The number of benzene rings is 2. The molecule has 0 aliphatic rings. The summed E-state index contributed by atoms with van der Waals surface area (Å²) in [5, 5.41) is 14.7. The van der Waals surface area contributed by atoms with Gasteiger partial charge in [0.25, 0.3) is 5.91 Å². The second-order valence-corrected chi connectivity index (χ2v) is 7.55. The van der Waals surface area contributed by atoms with Gasteiger partial charge in [-0.15, -0.1) is 0 Å². The molecule has 2 aromatic heterocycles. The Kier molecular flexibility index (Phi) is 5.58. The fraction of sp³-hybridized carbons (Fsp3) is 0.208. The van der Waals surface area contributed by atoms with Crippen molar-refractivity contribution in [2.45, 2.75) is 27.3 Å². The van der Waals surface area contributed by atoms with E-state index < -0.39 is 0 Å². The summed E-state index contributed by atoms with van der Waals surface area (Å²) in [7, 11) is 1.62. The molecule has 158 valence electrons. The maximum Gasteiger partial charge on any atom is 0.273 e. The van der Waals surface area contributed by atoms with Crippen molar-refractivity contribution >= 4 is 11.6 Å². The van der Waals surface area contributed by atoms with Crippen molar-refractivity contribution < 1.29 is 9.53 Å². The number of anilines is 1. The van der Waals surface area contributed by atoms with Crippen LogP contribution in [0.15, 0.2) is 54.6 Å². The zero-order valence-corrected chi connectivity index (χ0v) is 18.1. The number of rotatable bonds is 6. The summed E-state index contributed by atoms with van der Waals surface area (Å²) in [6.07, 6.45) is 0. The minimum absolute atomic E-state index is 0.261. The molecule has 2 N–H and O–H groups in total. The number of carbonyl (C=O) groups excluding carboxylic acids is 1. The fourth-order valence-corrected chi connectivity index (χ4v) is 3.56. The normalized spacial score (nSPS) is 10.8. The van der Waals surface area contributed by atoms with E-state index in [1.54, 1.807) is 13.2 Å². The third kappa shape index (κ3) is 4.35. The molecule has 31 heavy (non-hydrogen) atoms. The highest BCUT2D eigenvalue weighted by Crippen LogP contribution is 2.24. The number of amides is 1. The van der Waals surface area contributed by atoms with E-state index in [1.165, 1.54) is 11.1 Å². The smallest absolute Gasteiger partial charge is 0.273 e. The Morgan fingerprint density at radius 3 is 2.68 bits per heavy atom. The molecule has 0 fully saturated rings. The summed E-state index contributed by atoms with van der Waals surface area (Å²) in [4.78, 5) is 12.9. The molecule has 0 atom stereocenters. The van der Waals surface area contributed by atoms with E-state index >= 15 is 0 Å². The van der Waals surface area contributed by atoms with Crippen LogP contribution < -0.4 is 10.1 Å². The number of carbonyl (C=O) groups is 1. The number of nitrogens with zero attached hydrogens (tertiary/aromatic N) is 3. The topological polar surface area (TPSA) is 84.8 Å². The lowest BCUT2D eigenvalue weighted by Crippen LogP contribution is -2.14. The van der Waals surface area contributed by atoms with Gasteiger partial charge in [0.15, 0.2) is 0 Å². The molecule has 0 aliphatic carbocycles. The predicted molar refractivity (Wildman–Crippen MR) is 121 cm³/mol. The second kappa shape index (κ2) is 8.47. The lowest BCUT2D eigenvalue weighted by molar-refractivity contribution is 0.102. The van der Waals surface area contributed by atoms with Gasteiger partial charge in [-0.05, 0) is 44.5 Å². The maximum atomic E-state index is 12.9. The molecule has 7 heteroatoms. The molecule has 7 nitrogen and oxygen atoms in total. The van der Waals surface area contributed by atoms with Crippen molar-refractivity contribution in [3.63, 3.8) is 0 Å². The van der Waals surface area contributed by atoms with Gasteiger partial charge in [0, 0.05) is 5.56 Å². The van der Waals surface area contributed by atoms with Gasteiger partial charge in [0.2, 0.25) is 0 Å². The van der Waals surface area contributed by atoms with E-state index in [2.05, 4.69) is 45.7 Å². The van der Waals surface area contributed by atoms with Gasteiger partial charge >= 0.3 is 0 Å². The first kappa shape index (κ1) is 20.4. The number of aromatic nitrogens is 4. The lowest BCUT2D eigenvalue weighted by atomic mass is 10.1. The van der Waals surface area contributed by atoms with Gasteiger partial charge in [0.05, 0.1) is 36.4 Å². The molecule has 4 rings (SSSR count). The highest BCUT2D eigenvalue weighted by atomic mass is 16.5. The minimum atomic E-state index is -0.261. The molecule has 2 aromatic carbocycles. The number of aryl methyl sites for hydroxylation is 2. The van der Waals surface area contributed by atoms with Gasteiger partial charge in [-0.1, -0.05) is 42.0 Å². The first-order valence-corrected chi connectivity index (χ1v) is 10.1. The SMILES string of the molecule is COc1cccc(-c2cc(C(=O)Nc3c(C)nn(Cc4cccc(C)c4)c3C)[nH]n2)c1. The van der Waals surface area contributed by atoms with E-state index in [-0.39, 0.29) is 5.91 Å². The Bertz CT molecular complexity index is 1240. The van der Waals surface area contributed by atoms with E-state index in [1.807, 2.05) is 48.9 Å². The molecule has 0 radical (unpaired) electrons. The summed E-state index contributed by atoms with van der Waals surface area (Å²) in [5.74, 6) is 0.474. The first-order chi connectivity index (χ1) is 14.9. The van der Waals surface area contributed by atoms with Crippen LogP contribution in [0.25, 0.3) is 11.3 Å². The van der Waals surface area contributed by atoms with Crippen molar-refractivity contribution in [2.24, 2.45) is 0 Å². The van der Waals surface area contributed by atoms with E-state index in [9.17, 15) is 4.79 Å². The van der Waals surface area contributed by atoms with Crippen LogP contribution in [0.2, 0.25) is 0 Å². The molecule has 0 bridgehead atoms. The molecule has 0 saturated carbocycles. The van der Waals surface area contributed by atoms with Crippen LogP contribution in [0.3, 0.4) is 0 Å². The summed E-state index contributed by atoms with van der Waals surface area (Å²) in [6.45, 7) is 6.57.